The zero-order valence-corrected chi connectivity index (χ0v) is 14.9. The molecule has 4 aromatic rings. The lowest BCUT2D eigenvalue weighted by Crippen LogP contribution is -2.17. The number of carbonyl (C=O) groups is 1. The number of anilines is 1. The summed E-state index contributed by atoms with van der Waals surface area (Å²) in [4.78, 5) is 23.1. The van der Waals surface area contributed by atoms with Gasteiger partial charge in [0.25, 0.3) is 5.91 Å². The van der Waals surface area contributed by atoms with Crippen LogP contribution in [0.4, 0.5) is 23.4 Å². The highest BCUT2D eigenvalue weighted by atomic mass is 19.4. The molecule has 0 spiro atoms. The number of alkyl halides is 3. The molecule has 0 bridgehead atoms. The third-order valence-corrected chi connectivity index (χ3v) is 4.35. The highest BCUT2D eigenvalue weighted by Crippen LogP contribution is 2.38. The van der Waals surface area contributed by atoms with E-state index in [2.05, 4.69) is 20.3 Å². The first kappa shape index (κ1) is 18.7. The summed E-state index contributed by atoms with van der Waals surface area (Å²) in [5.74, 6) is -0.906. The lowest BCUT2D eigenvalue weighted by atomic mass is 10.0. The maximum atomic E-state index is 13.6. The predicted octanol–water partition coefficient (Wildman–Crippen LogP) is 4.37. The highest BCUT2D eigenvalue weighted by Gasteiger charge is 2.34. The van der Waals surface area contributed by atoms with Gasteiger partial charge in [0.1, 0.15) is 11.6 Å². The van der Waals surface area contributed by atoms with Gasteiger partial charge in [0.05, 0.1) is 11.1 Å². The van der Waals surface area contributed by atoms with Crippen molar-refractivity contribution >= 4 is 22.6 Å². The first-order valence-electron chi connectivity index (χ1n) is 8.37. The molecule has 0 aliphatic carbocycles. The predicted molar refractivity (Wildman–Crippen MR) is 97.7 cm³/mol. The molecule has 4 rings (SSSR count). The number of H-pyrrole nitrogens is 1. The first-order chi connectivity index (χ1) is 13.7. The van der Waals surface area contributed by atoms with Gasteiger partial charge in [-0.1, -0.05) is 0 Å². The van der Waals surface area contributed by atoms with Gasteiger partial charge in [-0.05, 0) is 24.3 Å². The van der Waals surface area contributed by atoms with E-state index in [4.69, 9.17) is 0 Å². The van der Waals surface area contributed by atoms with Gasteiger partial charge in [0, 0.05) is 48.3 Å². The van der Waals surface area contributed by atoms with Crippen molar-refractivity contribution in [2.24, 2.45) is 7.05 Å². The Morgan fingerprint density at radius 3 is 2.66 bits per heavy atom. The largest absolute Gasteiger partial charge is 0.417 e. The van der Waals surface area contributed by atoms with E-state index < -0.39 is 23.5 Å². The number of hydrogen-bond donors (Lipinski definition) is 2. The number of fused-ring (bicyclic) bond motifs is 1. The molecule has 148 valence electrons. The second-order valence-corrected chi connectivity index (χ2v) is 6.34. The summed E-state index contributed by atoms with van der Waals surface area (Å²) in [6.45, 7) is 0. The quantitative estimate of drug-likeness (QED) is 0.499. The fourth-order valence-electron chi connectivity index (χ4n) is 2.98. The van der Waals surface area contributed by atoms with Crippen molar-refractivity contribution in [1.82, 2.24) is 19.5 Å². The van der Waals surface area contributed by atoms with Gasteiger partial charge in [0.2, 0.25) is 0 Å². The van der Waals surface area contributed by atoms with Crippen LogP contribution in [0.3, 0.4) is 0 Å². The Bertz CT molecular complexity index is 1230. The van der Waals surface area contributed by atoms with Gasteiger partial charge >= 0.3 is 6.18 Å². The number of amides is 1. The average molecular weight is 403 g/mol. The number of halogens is 4. The van der Waals surface area contributed by atoms with Crippen molar-refractivity contribution in [3.05, 3.63) is 66.1 Å². The number of aryl methyl sites for hydroxylation is 1. The number of imidazole rings is 1. The molecule has 0 aliphatic heterocycles. The third-order valence-electron chi connectivity index (χ3n) is 4.35. The molecule has 29 heavy (non-hydrogen) atoms. The summed E-state index contributed by atoms with van der Waals surface area (Å²) in [5.41, 5.74) is -0.752. The molecule has 3 heterocycles. The lowest BCUT2D eigenvalue weighted by molar-refractivity contribution is -0.137. The van der Waals surface area contributed by atoms with Gasteiger partial charge in [-0.25, -0.2) is 14.4 Å². The standard InChI is InChI=1S/C19H13F4N5O/c1-28-5-4-24-17(28)18(29)27-16-8-14-10(9-25-16)6-15(26-14)12-7-11(20)2-3-13(12)19(21,22)23/h2-9,26H,1H3,(H,25,27,29). The fourth-order valence-corrected chi connectivity index (χ4v) is 2.98. The normalized spacial score (nSPS) is 11.8. The number of nitrogens with one attached hydrogen (secondary N) is 2. The number of nitrogens with zero attached hydrogens (tertiary/aromatic N) is 3. The molecule has 0 radical (unpaired) electrons. The number of carbonyl (C=O) groups excluding carboxylic acids is 1. The molecule has 1 aromatic carbocycles. The van der Waals surface area contributed by atoms with Gasteiger partial charge < -0.3 is 14.9 Å². The molecule has 0 unspecified atom stereocenters. The molecule has 1 amide bonds. The van der Waals surface area contributed by atoms with Crippen LogP contribution in [0.1, 0.15) is 16.2 Å². The molecule has 0 saturated heterocycles. The van der Waals surface area contributed by atoms with Crippen molar-refractivity contribution in [2.75, 3.05) is 5.32 Å². The van der Waals surface area contributed by atoms with Crippen molar-refractivity contribution in [1.29, 1.82) is 0 Å². The van der Waals surface area contributed by atoms with Crippen molar-refractivity contribution in [2.45, 2.75) is 6.18 Å². The molecule has 6 nitrogen and oxygen atoms in total. The van der Waals surface area contributed by atoms with Crippen LogP contribution in [-0.2, 0) is 13.2 Å². The maximum absolute atomic E-state index is 13.6. The molecular weight excluding hydrogens is 390 g/mol. The van der Waals surface area contributed by atoms with Crippen LogP contribution in [0.5, 0.6) is 0 Å². The van der Waals surface area contributed by atoms with E-state index in [0.717, 1.165) is 12.1 Å². The molecule has 0 aliphatic rings. The summed E-state index contributed by atoms with van der Waals surface area (Å²) in [5, 5.41) is 3.08. The topological polar surface area (TPSA) is 75.6 Å². The number of benzene rings is 1. The minimum absolute atomic E-state index is 0.0844. The number of aromatic nitrogens is 4. The van der Waals surface area contributed by atoms with E-state index in [1.807, 2.05) is 0 Å². The van der Waals surface area contributed by atoms with E-state index in [1.54, 1.807) is 13.2 Å². The summed E-state index contributed by atoms with van der Waals surface area (Å²) in [6.07, 6.45) is -0.157. The SMILES string of the molecule is Cn1ccnc1C(=O)Nc1cc2[nH]c(-c3cc(F)ccc3C(F)(F)F)cc2cn1. The highest BCUT2D eigenvalue weighted by molar-refractivity contribution is 6.02. The monoisotopic (exact) mass is 403 g/mol. The van der Waals surface area contributed by atoms with Gasteiger partial charge in [0.15, 0.2) is 5.82 Å². The fraction of sp³-hybridized carbons (Fsp3) is 0.105. The van der Waals surface area contributed by atoms with Crippen LogP contribution in [0.2, 0.25) is 0 Å². The summed E-state index contributed by atoms with van der Waals surface area (Å²) in [7, 11) is 1.66. The Hall–Kier alpha value is -3.69. The summed E-state index contributed by atoms with van der Waals surface area (Å²) in [6, 6.07) is 5.21. The molecule has 2 N–H and O–H groups in total. The van der Waals surface area contributed by atoms with E-state index in [9.17, 15) is 22.4 Å². The summed E-state index contributed by atoms with van der Waals surface area (Å²) < 4.78 is 55.0. The number of aromatic amines is 1. The van der Waals surface area contributed by atoms with Crippen molar-refractivity contribution in [3.63, 3.8) is 0 Å². The van der Waals surface area contributed by atoms with Crippen LogP contribution < -0.4 is 5.32 Å². The first-order valence-corrected chi connectivity index (χ1v) is 8.37. The molecule has 0 atom stereocenters. The number of hydrogen-bond acceptors (Lipinski definition) is 3. The molecule has 0 saturated carbocycles. The van der Waals surface area contributed by atoms with Crippen LogP contribution in [-0.4, -0.2) is 25.4 Å². The third kappa shape index (κ3) is 3.56. The van der Waals surface area contributed by atoms with Gasteiger partial charge in [-0.3, -0.25) is 4.79 Å². The second kappa shape index (κ2) is 6.73. The van der Waals surface area contributed by atoms with E-state index in [1.165, 1.54) is 29.1 Å². The van der Waals surface area contributed by atoms with Crippen LogP contribution >= 0.6 is 0 Å². The Morgan fingerprint density at radius 1 is 1.17 bits per heavy atom. The van der Waals surface area contributed by atoms with Crippen LogP contribution in [0, 0.1) is 5.82 Å². The van der Waals surface area contributed by atoms with Gasteiger partial charge in [-0.2, -0.15) is 13.2 Å². The Kier molecular flexibility index (Phi) is 4.33. The zero-order valence-electron chi connectivity index (χ0n) is 14.9. The second-order valence-electron chi connectivity index (χ2n) is 6.34. The van der Waals surface area contributed by atoms with E-state index >= 15 is 0 Å². The van der Waals surface area contributed by atoms with Crippen molar-refractivity contribution in [3.8, 4) is 11.3 Å². The Balaban J connectivity index is 1.71. The maximum Gasteiger partial charge on any atom is 0.417 e. The Morgan fingerprint density at radius 2 is 1.97 bits per heavy atom. The zero-order chi connectivity index (χ0) is 20.8. The Labute approximate surface area is 161 Å². The molecule has 0 fully saturated rings. The lowest BCUT2D eigenvalue weighted by Gasteiger charge is -2.11. The van der Waals surface area contributed by atoms with Crippen molar-refractivity contribution < 1.29 is 22.4 Å². The average Bonchev–Trinajstić information content (AvgIpc) is 3.26. The minimum atomic E-state index is -4.64. The smallest absolute Gasteiger partial charge is 0.354 e. The minimum Gasteiger partial charge on any atom is -0.354 e. The molecule has 3 aromatic heterocycles. The summed E-state index contributed by atoms with van der Waals surface area (Å²) >= 11 is 0. The molecule has 10 heteroatoms. The van der Waals surface area contributed by atoms with E-state index in [-0.39, 0.29) is 22.9 Å². The van der Waals surface area contributed by atoms with Crippen LogP contribution in [0.15, 0.2) is 48.9 Å². The van der Waals surface area contributed by atoms with E-state index in [0.29, 0.717) is 17.0 Å². The molecular formula is C19H13F4N5O. The van der Waals surface area contributed by atoms with Gasteiger partial charge in [-0.15, -0.1) is 0 Å². The van der Waals surface area contributed by atoms with Crippen LogP contribution in [0.25, 0.3) is 22.2 Å². The number of rotatable bonds is 3. The number of pyridine rings is 1.